The van der Waals surface area contributed by atoms with E-state index in [0.717, 1.165) is 22.4 Å². The number of para-hydroxylation sites is 1. The Morgan fingerprint density at radius 3 is 2.24 bits per heavy atom. The molecule has 5 rings (SSSR count). The van der Waals surface area contributed by atoms with E-state index in [1.54, 1.807) is 10.7 Å². The molecule has 0 fully saturated rings. The third kappa shape index (κ3) is 5.99. The molecule has 0 spiro atoms. The molecule has 0 unspecified atom stereocenters. The van der Waals surface area contributed by atoms with Crippen LogP contribution in [0.1, 0.15) is 46.9 Å². The zero-order valence-electron chi connectivity index (χ0n) is 23.4. The summed E-state index contributed by atoms with van der Waals surface area (Å²) in [7, 11) is 0. The number of amides is 1. The van der Waals surface area contributed by atoms with Crippen LogP contribution in [-0.2, 0) is 0 Å². The zero-order valence-corrected chi connectivity index (χ0v) is 23.4. The van der Waals surface area contributed by atoms with E-state index in [0.29, 0.717) is 34.1 Å². The van der Waals surface area contributed by atoms with Gasteiger partial charge in [-0.2, -0.15) is 5.10 Å². The Labute approximate surface area is 239 Å². The standard InChI is InChI=1S/C33H32N4O4/c1-21(2)29-16-15-22(3)17-30(29)41-28-19-25(18-27(20-28)37(39)40)34-33(38)31-23(4)36(26-13-9-6-10-14-26)35-32(31)24-11-7-5-8-12-24/h5-21,39-40H,1-4H3,(H,34,38). The number of benzene rings is 4. The highest BCUT2D eigenvalue weighted by Gasteiger charge is 2.24. The average molecular weight is 549 g/mol. The number of rotatable bonds is 8. The van der Waals surface area contributed by atoms with Gasteiger partial charge in [0.05, 0.1) is 16.9 Å². The largest absolute Gasteiger partial charge is 0.457 e. The summed E-state index contributed by atoms with van der Waals surface area (Å²) in [6.45, 7) is 7.97. The Kier molecular flexibility index (Phi) is 7.87. The van der Waals surface area contributed by atoms with Crippen molar-refractivity contribution in [3.8, 4) is 28.4 Å². The van der Waals surface area contributed by atoms with Gasteiger partial charge in [-0.3, -0.25) is 15.2 Å². The number of anilines is 2. The van der Waals surface area contributed by atoms with Gasteiger partial charge in [0.25, 0.3) is 5.91 Å². The Balaban J connectivity index is 1.55. The lowest BCUT2D eigenvalue weighted by Crippen LogP contribution is -2.16. The van der Waals surface area contributed by atoms with Gasteiger partial charge in [-0.05, 0) is 55.2 Å². The molecule has 0 aliphatic carbocycles. The van der Waals surface area contributed by atoms with E-state index >= 15 is 0 Å². The first-order valence-electron chi connectivity index (χ1n) is 13.3. The maximum absolute atomic E-state index is 13.9. The topological polar surface area (TPSA) is 99.9 Å². The van der Waals surface area contributed by atoms with Crippen molar-refractivity contribution in [2.75, 3.05) is 10.5 Å². The van der Waals surface area contributed by atoms with Crippen molar-refractivity contribution in [3.05, 3.63) is 119 Å². The molecule has 5 aromatic rings. The Morgan fingerprint density at radius 1 is 0.902 bits per heavy atom. The van der Waals surface area contributed by atoms with Crippen LogP contribution >= 0.6 is 0 Å². The SMILES string of the molecule is Cc1ccc(C(C)C)c(Oc2cc(NC(=O)c3c(-c4ccccc4)nn(-c4ccccc4)c3C)cc(N(O)O)c2)c1. The molecule has 3 N–H and O–H groups in total. The first-order valence-corrected chi connectivity index (χ1v) is 13.3. The second-order valence-corrected chi connectivity index (χ2v) is 10.2. The maximum Gasteiger partial charge on any atom is 0.259 e. The number of carbonyl (C=O) groups excluding carboxylic acids is 1. The van der Waals surface area contributed by atoms with Gasteiger partial charge in [-0.1, -0.05) is 74.5 Å². The van der Waals surface area contributed by atoms with Gasteiger partial charge in [-0.15, -0.1) is 5.23 Å². The highest BCUT2D eigenvalue weighted by molar-refractivity contribution is 6.09. The minimum absolute atomic E-state index is 0.00377. The third-order valence-electron chi connectivity index (χ3n) is 6.79. The molecule has 0 atom stereocenters. The highest BCUT2D eigenvalue weighted by Crippen LogP contribution is 2.35. The lowest BCUT2D eigenvalue weighted by Gasteiger charge is -2.17. The van der Waals surface area contributed by atoms with E-state index in [-0.39, 0.29) is 16.8 Å². The second kappa shape index (κ2) is 11.7. The molecule has 1 aromatic heterocycles. The summed E-state index contributed by atoms with van der Waals surface area (Å²) in [4.78, 5) is 13.9. The third-order valence-corrected chi connectivity index (χ3v) is 6.79. The zero-order chi connectivity index (χ0) is 29.1. The molecule has 1 amide bonds. The van der Waals surface area contributed by atoms with E-state index in [1.165, 1.54) is 12.1 Å². The van der Waals surface area contributed by atoms with Crippen molar-refractivity contribution in [3.63, 3.8) is 0 Å². The van der Waals surface area contributed by atoms with E-state index in [1.807, 2.05) is 92.7 Å². The molecule has 0 bridgehead atoms. The molecule has 0 radical (unpaired) electrons. The fourth-order valence-corrected chi connectivity index (χ4v) is 4.75. The van der Waals surface area contributed by atoms with Crippen LogP contribution in [0.5, 0.6) is 11.5 Å². The Bertz CT molecular complexity index is 1680. The lowest BCUT2D eigenvalue weighted by atomic mass is 10.0. The smallest absolute Gasteiger partial charge is 0.259 e. The molecular formula is C33H32N4O4. The number of hydrogen-bond donors (Lipinski definition) is 3. The fraction of sp³-hybridized carbons (Fsp3) is 0.152. The predicted octanol–water partition coefficient (Wildman–Crippen LogP) is 7.91. The van der Waals surface area contributed by atoms with E-state index < -0.39 is 5.91 Å². The van der Waals surface area contributed by atoms with Gasteiger partial charge >= 0.3 is 0 Å². The average Bonchev–Trinajstić information content (AvgIpc) is 3.30. The molecule has 8 nitrogen and oxygen atoms in total. The highest BCUT2D eigenvalue weighted by atomic mass is 16.8. The Hall–Kier alpha value is -4.92. The number of nitrogens with zero attached hydrogens (tertiary/aromatic N) is 3. The minimum Gasteiger partial charge on any atom is -0.457 e. The van der Waals surface area contributed by atoms with Crippen LogP contribution in [0.2, 0.25) is 0 Å². The van der Waals surface area contributed by atoms with Crippen molar-refractivity contribution in [1.82, 2.24) is 9.78 Å². The molecule has 1 heterocycles. The van der Waals surface area contributed by atoms with Crippen LogP contribution < -0.4 is 15.3 Å². The monoisotopic (exact) mass is 548 g/mol. The summed E-state index contributed by atoms with van der Waals surface area (Å²) in [5.74, 6) is 0.801. The van der Waals surface area contributed by atoms with Gasteiger partial charge in [0.15, 0.2) is 0 Å². The summed E-state index contributed by atoms with van der Waals surface area (Å²) >= 11 is 0. The minimum atomic E-state index is -0.396. The summed E-state index contributed by atoms with van der Waals surface area (Å²) in [6.07, 6.45) is 0. The molecule has 8 heteroatoms. The van der Waals surface area contributed by atoms with Crippen molar-refractivity contribution < 1.29 is 19.9 Å². The molecular weight excluding hydrogens is 516 g/mol. The quantitative estimate of drug-likeness (QED) is 0.170. The normalized spacial score (nSPS) is 11.0. The molecule has 0 saturated heterocycles. The number of carbonyl (C=O) groups is 1. The summed E-state index contributed by atoms with van der Waals surface area (Å²) < 4.78 is 7.98. The molecule has 0 saturated carbocycles. The van der Waals surface area contributed by atoms with E-state index in [9.17, 15) is 15.2 Å². The first kappa shape index (κ1) is 27.6. The van der Waals surface area contributed by atoms with Gasteiger partial charge < -0.3 is 10.1 Å². The number of nitrogens with one attached hydrogen (secondary N) is 1. The molecule has 0 aliphatic heterocycles. The van der Waals surface area contributed by atoms with Gasteiger partial charge in [0.2, 0.25) is 0 Å². The number of aromatic nitrogens is 2. The number of hydrogen-bond acceptors (Lipinski definition) is 6. The summed E-state index contributed by atoms with van der Waals surface area (Å²) in [6, 6.07) is 29.7. The summed E-state index contributed by atoms with van der Waals surface area (Å²) in [5, 5.41) is 27.4. The molecule has 4 aromatic carbocycles. The van der Waals surface area contributed by atoms with E-state index in [4.69, 9.17) is 9.84 Å². The maximum atomic E-state index is 13.9. The number of aryl methyl sites for hydroxylation is 1. The summed E-state index contributed by atoms with van der Waals surface area (Å²) in [5.41, 5.74) is 5.60. The fourth-order valence-electron chi connectivity index (χ4n) is 4.75. The van der Waals surface area contributed by atoms with Crippen LogP contribution in [0.25, 0.3) is 16.9 Å². The van der Waals surface area contributed by atoms with Crippen LogP contribution in [0.15, 0.2) is 97.1 Å². The Morgan fingerprint density at radius 2 is 1.59 bits per heavy atom. The van der Waals surface area contributed by atoms with Gasteiger partial charge in [0.1, 0.15) is 22.9 Å². The van der Waals surface area contributed by atoms with Crippen LogP contribution in [0.3, 0.4) is 0 Å². The van der Waals surface area contributed by atoms with E-state index in [2.05, 4.69) is 19.2 Å². The van der Waals surface area contributed by atoms with Gasteiger partial charge in [-0.25, -0.2) is 4.68 Å². The molecule has 208 valence electrons. The lowest BCUT2D eigenvalue weighted by molar-refractivity contribution is 0.0290. The number of ether oxygens (including phenoxy) is 1. The van der Waals surface area contributed by atoms with Crippen molar-refractivity contribution in [2.24, 2.45) is 0 Å². The van der Waals surface area contributed by atoms with Crippen LogP contribution in [-0.4, -0.2) is 26.1 Å². The van der Waals surface area contributed by atoms with Gasteiger partial charge in [0, 0.05) is 23.4 Å². The second-order valence-electron chi connectivity index (χ2n) is 10.2. The molecule has 0 aliphatic rings. The van der Waals surface area contributed by atoms with Crippen LogP contribution in [0.4, 0.5) is 11.4 Å². The molecule has 41 heavy (non-hydrogen) atoms. The van der Waals surface area contributed by atoms with Crippen molar-refractivity contribution in [2.45, 2.75) is 33.6 Å². The first-order chi connectivity index (χ1) is 19.7. The van der Waals surface area contributed by atoms with Crippen LogP contribution in [0, 0.1) is 13.8 Å². The van der Waals surface area contributed by atoms with Crippen molar-refractivity contribution in [1.29, 1.82) is 0 Å². The predicted molar refractivity (Wildman–Crippen MR) is 160 cm³/mol. The van der Waals surface area contributed by atoms with Crippen molar-refractivity contribution >= 4 is 17.3 Å².